The number of hydrogen-bond acceptors (Lipinski definition) is 4. The van der Waals surface area contributed by atoms with E-state index in [2.05, 4.69) is 22.4 Å². The lowest BCUT2D eigenvalue weighted by molar-refractivity contribution is 0.737. The monoisotopic (exact) mass is 234 g/mol. The topological polar surface area (TPSA) is 73.7 Å². The molecule has 0 radical (unpaired) electrons. The summed E-state index contributed by atoms with van der Waals surface area (Å²) in [5.74, 6) is 1.57. The van der Waals surface area contributed by atoms with Crippen molar-refractivity contribution in [3.8, 4) is 0 Å². The summed E-state index contributed by atoms with van der Waals surface area (Å²) in [6, 6.07) is 1.89. The molecule has 0 bridgehead atoms. The minimum atomic E-state index is 0.708. The molecule has 0 amide bonds. The van der Waals surface area contributed by atoms with Gasteiger partial charge in [0.05, 0.1) is 11.4 Å². The van der Waals surface area contributed by atoms with Crippen molar-refractivity contribution in [2.24, 2.45) is 14.1 Å². The number of nitrogens with two attached hydrogens (primary N) is 1. The maximum atomic E-state index is 6.06. The lowest BCUT2D eigenvalue weighted by Crippen LogP contribution is -2.02. The first-order valence-corrected chi connectivity index (χ1v) is 5.69. The van der Waals surface area contributed by atoms with Gasteiger partial charge in [0, 0.05) is 26.4 Å². The van der Waals surface area contributed by atoms with Crippen LogP contribution in [0, 0.1) is 0 Å². The molecule has 6 nitrogen and oxygen atoms in total. The molecule has 2 rings (SSSR count). The molecular formula is C11H18N6. The van der Waals surface area contributed by atoms with Gasteiger partial charge < -0.3 is 11.1 Å². The van der Waals surface area contributed by atoms with E-state index in [1.54, 1.807) is 9.36 Å². The van der Waals surface area contributed by atoms with Crippen molar-refractivity contribution in [3.63, 3.8) is 0 Å². The maximum absolute atomic E-state index is 6.06. The van der Waals surface area contributed by atoms with Crippen LogP contribution in [0.5, 0.6) is 0 Å². The highest BCUT2D eigenvalue weighted by Crippen LogP contribution is 2.25. The highest BCUT2D eigenvalue weighted by atomic mass is 15.4. The summed E-state index contributed by atoms with van der Waals surface area (Å²) in [6.45, 7) is 2.11. The molecule has 92 valence electrons. The first-order valence-electron chi connectivity index (χ1n) is 5.69. The molecule has 6 heteroatoms. The molecule has 0 aliphatic carbocycles. The quantitative estimate of drug-likeness (QED) is 0.839. The normalized spacial score (nSPS) is 10.8. The molecule has 2 aromatic heterocycles. The smallest absolute Gasteiger partial charge is 0.153 e. The number of nitrogen functional groups attached to an aromatic ring is 1. The minimum absolute atomic E-state index is 0.708. The predicted octanol–water partition coefficient (Wildman–Crippen LogP) is 1.43. The number of anilines is 3. The molecule has 0 atom stereocenters. The van der Waals surface area contributed by atoms with E-state index in [0.717, 1.165) is 30.2 Å². The van der Waals surface area contributed by atoms with Gasteiger partial charge in [0.15, 0.2) is 11.6 Å². The van der Waals surface area contributed by atoms with Crippen molar-refractivity contribution in [1.29, 1.82) is 0 Å². The largest absolute Gasteiger partial charge is 0.394 e. The summed E-state index contributed by atoms with van der Waals surface area (Å²) in [4.78, 5) is 0. The third-order valence-electron chi connectivity index (χ3n) is 2.61. The van der Waals surface area contributed by atoms with Crippen LogP contribution in [0.25, 0.3) is 0 Å². The fraction of sp³-hybridized carbons (Fsp3) is 0.455. The van der Waals surface area contributed by atoms with Crippen LogP contribution in [0.15, 0.2) is 12.3 Å². The molecule has 0 spiro atoms. The van der Waals surface area contributed by atoms with Crippen LogP contribution < -0.4 is 11.1 Å². The maximum Gasteiger partial charge on any atom is 0.153 e. The molecular weight excluding hydrogens is 216 g/mol. The Morgan fingerprint density at radius 3 is 2.71 bits per heavy atom. The Hall–Kier alpha value is -1.98. The average molecular weight is 234 g/mol. The number of aryl methyl sites for hydroxylation is 3. The lowest BCUT2D eigenvalue weighted by atomic mass is 10.2. The van der Waals surface area contributed by atoms with Crippen molar-refractivity contribution in [2.75, 3.05) is 11.1 Å². The highest BCUT2D eigenvalue weighted by Gasteiger charge is 2.13. The SMILES string of the molecule is CCCc1nn(C)c(Nc2ccn(C)n2)c1N. The minimum Gasteiger partial charge on any atom is -0.394 e. The van der Waals surface area contributed by atoms with Crippen LogP contribution in [0.2, 0.25) is 0 Å². The molecule has 17 heavy (non-hydrogen) atoms. The van der Waals surface area contributed by atoms with Gasteiger partial charge in [-0.05, 0) is 6.42 Å². The Bertz CT molecular complexity index is 510. The number of nitrogens with one attached hydrogen (secondary N) is 1. The van der Waals surface area contributed by atoms with Crippen LogP contribution in [0.1, 0.15) is 19.0 Å². The van der Waals surface area contributed by atoms with Gasteiger partial charge in [0.25, 0.3) is 0 Å². The number of aromatic nitrogens is 4. The third kappa shape index (κ3) is 2.25. The zero-order valence-electron chi connectivity index (χ0n) is 10.4. The molecule has 0 unspecified atom stereocenters. The molecule has 2 heterocycles. The zero-order valence-corrected chi connectivity index (χ0v) is 10.4. The van der Waals surface area contributed by atoms with Gasteiger partial charge in [0.2, 0.25) is 0 Å². The number of rotatable bonds is 4. The van der Waals surface area contributed by atoms with Crippen LogP contribution in [-0.2, 0) is 20.5 Å². The molecule has 0 aliphatic rings. The van der Waals surface area contributed by atoms with E-state index < -0.39 is 0 Å². The van der Waals surface area contributed by atoms with Crippen LogP contribution in [0.3, 0.4) is 0 Å². The van der Waals surface area contributed by atoms with Crippen LogP contribution in [-0.4, -0.2) is 19.6 Å². The lowest BCUT2D eigenvalue weighted by Gasteiger charge is -2.04. The number of nitrogens with zero attached hydrogens (tertiary/aromatic N) is 4. The highest BCUT2D eigenvalue weighted by molar-refractivity contribution is 5.69. The van der Waals surface area contributed by atoms with Gasteiger partial charge in [-0.2, -0.15) is 10.2 Å². The predicted molar refractivity (Wildman–Crippen MR) is 68.1 cm³/mol. The standard InChI is InChI=1S/C11H18N6/c1-4-5-8-10(12)11(17(3)14-8)13-9-6-7-16(2)15-9/h6-7H,4-5,12H2,1-3H3,(H,13,15). The van der Waals surface area contributed by atoms with Gasteiger partial charge in [-0.3, -0.25) is 9.36 Å². The average Bonchev–Trinajstić information content (AvgIpc) is 2.79. The van der Waals surface area contributed by atoms with Crippen molar-refractivity contribution in [2.45, 2.75) is 19.8 Å². The summed E-state index contributed by atoms with van der Waals surface area (Å²) in [6.07, 6.45) is 3.80. The van der Waals surface area contributed by atoms with E-state index in [0.29, 0.717) is 5.69 Å². The van der Waals surface area contributed by atoms with Crippen molar-refractivity contribution in [3.05, 3.63) is 18.0 Å². The van der Waals surface area contributed by atoms with Gasteiger partial charge in [-0.25, -0.2) is 0 Å². The molecule has 0 aliphatic heterocycles. The van der Waals surface area contributed by atoms with E-state index in [1.165, 1.54) is 0 Å². The summed E-state index contributed by atoms with van der Waals surface area (Å²) in [7, 11) is 3.75. The second kappa shape index (κ2) is 4.48. The number of hydrogen-bond donors (Lipinski definition) is 2. The molecule has 0 aromatic carbocycles. The summed E-state index contributed by atoms with van der Waals surface area (Å²) in [5.41, 5.74) is 7.71. The van der Waals surface area contributed by atoms with E-state index >= 15 is 0 Å². The van der Waals surface area contributed by atoms with E-state index in [4.69, 9.17) is 5.73 Å². The second-order valence-electron chi connectivity index (χ2n) is 4.08. The molecule has 0 saturated heterocycles. The Balaban J connectivity index is 2.26. The third-order valence-corrected chi connectivity index (χ3v) is 2.61. The van der Waals surface area contributed by atoms with Crippen molar-refractivity contribution < 1.29 is 0 Å². The Morgan fingerprint density at radius 2 is 2.12 bits per heavy atom. The van der Waals surface area contributed by atoms with E-state index in [-0.39, 0.29) is 0 Å². The molecule has 0 fully saturated rings. The zero-order chi connectivity index (χ0) is 12.4. The first-order chi connectivity index (χ1) is 8.11. The first kappa shape index (κ1) is 11.5. The van der Waals surface area contributed by atoms with Gasteiger partial charge in [0.1, 0.15) is 0 Å². The second-order valence-corrected chi connectivity index (χ2v) is 4.08. The molecule has 2 aromatic rings. The fourth-order valence-electron chi connectivity index (χ4n) is 1.77. The van der Waals surface area contributed by atoms with Crippen molar-refractivity contribution >= 4 is 17.3 Å². The Kier molecular flexibility index (Phi) is 3.03. The van der Waals surface area contributed by atoms with Crippen LogP contribution in [0.4, 0.5) is 17.3 Å². The van der Waals surface area contributed by atoms with Gasteiger partial charge in [-0.15, -0.1) is 0 Å². The molecule has 3 N–H and O–H groups in total. The van der Waals surface area contributed by atoms with E-state index in [9.17, 15) is 0 Å². The van der Waals surface area contributed by atoms with Gasteiger partial charge >= 0.3 is 0 Å². The summed E-state index contributed by atoms with van der Waals surface area (Å²) >= 11 is 0. The van der Waals surface area contributed by atoms with Crippen LogP contribution >= 0.6 is 0 Å². The fourth-order valence-corrected chi connectivity index (χ4v) is 1.77. The van der Waals surface area contributed by atoms with E-state index in [1.807, 2.05) is 26.4 Å². The van der Waals surface area contributed by atoms with Gasteiger partial charge in [-0.1, -0.05) is 13.3 Å². The summed E-state index contributed by atoms with van der Waals surface area (Å²) in [5, 5.41) is 11.8. The molecule has 0 saturated carbocycles. The summed E-state index contributed by atoms with van der Waals surface area (Å²) < 4.78 is 3.50. The Labute approximate surface area is 100 Å². The Morgan fingerprint density at radius 1 is 1.35 bits per heavy atom. The van der Waals surface area contributed by atoms with Crippen molar-refractivity contribution in [1.82, 2.24) is 19.6 Å².